The molecule has 0 N–H and O–H groups in total. The Kier molecular flexibility index (Phi) is 6.10. The lowest BCUT2D eigenvalue weighted by Crippen LogP contribution is -2.54. The summed E-state index contributed by atoms with van der Waals surface area (Å²) < 4.78 is 1.05. The molecule has 0 spiro atoms. The number of benzene rings is 1. The number of carbonyl (C=O) groups is 2. The highest BCUT2D eigenvalue weighted by molar-refractivity contribution is 9.10. The number of nitrogens with zero attached hydrogens (tertiary/aromatic N) is 2. The Morgan fingerprint density at radius 1 is 0.821 bits per heavy atom. The van der Waals surface area contributed by atoms with Crippen LogP contribution in [0.4, 0.5) is 0 Å². The largest absolute Gasteiger partial charge is 0.342 e. The molecule has 152 valence electrons. The molecule has 2 saturated heterocycles. The lowest BCUT2D eigenvalue weighted by atomic mass is 9.63. The molecule has 2 heterocycles. The molecule has 3 aliphatic rings. The Labute approximate surface area is 176 Å². The van der Waals surface area contributed by atoms with E-state index in [0.29, 0.717) is 5.91 Å². The van der Waals surface area contributed by atoms with E-state index in [1.165, 1.54) is 12.8 Å². The summed E-state index contributed by atoms with van der Waals surface area (Å²) >= 11 is 3.49. The monoisotopic (exact) mass is 446 g/mol. The quantitative estimate of drug-likeness (QED) is 0.684. The van der Waals surface area contributed by atoms with Gasteiger partial charge in [0.1, 0.15) is 0 Å². The summed E-state index contributed by atoms with van der Waals surface area (Å²) in [7, 11) is 0. The van der Waals surface area contributed by atoms with Crippen LogP contribution in [0.5, 0.6) is 0 Å². The molecule has 0 atom stereocenters. The highest BCUT2D eigenvalue weighted by Gasteiger charge is 2.48. The average molecular weight is 447 g/mol. The van der Waals surface area contributed by atoms with Crippen molar-refractivity contribution in [2.45, 2.75) is 63.2 Å². The van der Waals surface area contributed by atoms with Gasteiger partial charge in [-0.1, -0.05) is 47.3 Å². The van der Waals surface area contributed by atoms with Crippen molar-refractivity contribution in [3.63, 3.8) is 0 Å². The molecule has 1 saturated carbocycles. The van der Waals surface area contributed by atoms with Gasteiger partial charge in [0, 0.05) is 36.6 Å². The van der Waals surface area contributed by atoms with Crippen LogP contribution in [0.25, 0.3) is 0 Å². The van der Waals surface area contributed by atoms with Crippen LogP contribution >= 0.6 is 15.9 Å². The molecule has 0 radical (unpaired) electrons. The molecular weight excluding hydrogens is 416 g/mol. The van der Waals surface area contributed by atoms with Crippen molar-refractivity contribution >= 4 is 27.7 Å². The molecule has 4 nitrogen and oxygen atoms in total. The van der Waals surface area contributed by atoms with E-state index in [1.54, 1.807) is 0 Å². The topological polar surface area (TPSA) is 40.6 Å². The second-order valence-electron chi connectivity index (χ2n) is 8.75. The predicted octanol–water partition coefficient (Wildman–Crippen LogP) is 4.51. The third kappa shape index (κ3) is 3.87. The van der Waals surface area contributed by atoms with E-state index in [9.17, 15) is 9.59 Å². The zero-order valence-electron chi connectivity index (χ0n) is 16.7. The smallest absolute Gasteiger partial charge is 0.233 e. The van der Waals surface area contributed by atoms with Crippen molar-refractivity contribution in [3.05, 3.63) is 34.3 Å². The third-order valence-electron chi connectivity index (χ3n) is 7.06. The Hall–Kier alpha value is -1.36. The van der Waals surface area contributed by atoms with Gasteiger partial charge in [-0.25, -0.2) is 0 Å². The van der Waals surface area contributed by atoms with Gasteiger partial charge in [-0.2, -0.15) is 0 Å². The molecular formula is C23H31BrN2O2. The SMILES string of the molecule is O=C(C1CCN(C(=O)C2(c3ccc(Br)cc3)CCC2)CC1)N1CCCCCC1. The zero-order chi connectivity index (χ0) is 19.6. The van der Waals surface area contributed by atoms with E-state index in [2.05, 4.69) is 33.0 Å². The Morgan fingerprint density at radius 2 is 1.43 bits per heavy atom. The van der Waals surface area contributed by atoms with E-state index in [1.807, 2.05) is 17.0 Å². The van der Waals surface area contributed by atoms with Crippen LogP contribution in [0.3, 0.4) is 0 Å². The first-order valence-electron chi connectivity index (χ1n) is 10.9. The molecule has 28 heavy (non-hydrogen) atoms. The fraction of sp³-hybridized carbons (Fsp3) is 0.652. The van der Waals surface area contributed by atoms with Crippen LogP contribution in [0.15, 0.2) is 28.7 Å². The van der Waals surface area contributed by atoms with Crippen molar-refractivity contribution in [2.24, 2.45) is 5.92 Å². The first-order chi connectivity index (χ1) is 13.6. The molecule has 3 fully saturated rings. The number of halogens is 1. The Morgan fingerprint density at radius 3 is 1.96 bits per heavy atom. The summed E-state index contributed by atoms with van der Waals surface area (Å²) in [4.78, 5) is 30.5. The van der Waals surface area contributed by atoms with Gasteiger partial charge < -0.3 is 9.80 Å². The number of hydrogen-bond acceptors (Lipinski definition) is 2. The molecule has 2 aliphatic heterocycles. The Bertz CT molecular complexity index is 698. The number of rotatable bonds is 3. The standard InChI is InChI=1S/C23H31BrN2O2/c24-20-8-6-19(7-9-20)23(12-5-13-23)22(28)26-16-10-18(11-17-26)21(27)25-14-3-1-2-4-15-25/h6-9,18H,1-5,10-17H2. The number of amides is 2. The molecule has 0 aromatic heterocycles. The summed E-state index contributed by atoms with van der Waals surface area (Å²) in [6.45, 7) is 3.29. The van der Waals surface area contributed by atoms with E-state index in [4.69, 9.17) is 0 Å². The summed E-state index contributed by atoms with van der Waals surface area (Å²) in [6, 6.07) is 8.26. The van der Waals surface area contributed by atoms with Crippen LogP contribution in [-0.2, 0) is 15.0 Å². The second kappa shape index (κ2) is 8.56. The van der Waals surface area contributed by atoms with E-state index < -0.39 is 0 Å². The molecule has 2 amide bonds. The van der Waals surface area contributed by atoms with Gasteiger partial charge in [-0.15, -0.1) is 0 Å². The number of likely N-dealkylation sites (tertiary alicyclic amines) is 2. The molecule has 1 aliphatic carbocycles. The minimum Gasteiger partial charge on any atom is -0.342 e. The van der Waals surface area contributed by atoms with Gasteiger partial charge >= 0.3 is 0 Å². The van der Waals surface area contributed by atoms with Gasteiger partial charge in [0.05, 0.1) is 5.41 Å². The number of hydrogen-bond donors (Lipinski definition) is 0. The lowest BCUT2D eigenvalue weighted by molar-refractivity contribution is -0.146. The van der Waals surface area contributed by atoms with Crippen molar-refractivity contribution in [1.82, 2.24) is 9.80 Å². The van der Waals surface area contributed by atoms with E-state index in [-0.39, 0.29) is 17.2 Å². The normalized spacial score (nSPS) is 23.0. The van der Waals surface area contributed by atoms with Crippen LogP contribution < -0.4 is 0 Å². The van der Waals surface area contributed by atoms with Crippen LogP contribution in [0, 0.1) is 5.92 Å². The first-order valence-corrected chi connectivity index (χ1v) is 11.7. The summed E-state index contributed by atoms with van der Waals surface area (Å²) in [6.07, 6.45) is 9.40. The van der Waals surface area contributed by atoms with Gasteiger partial charge in [-0.05, 0) is 56.2 Å². The average Bonchev–Trinajstić information content (AvgIpc) is 2.97. The van der Waals surface area contributed by atoms with Gasteiger partial charge in [0.15, 0.2) is 0 Å². The van der Waals surface area contributed by atoms with Crippen LogP contribution in [0.1, 0.15) is 63.4 Å². The zero-order valence-corrected chi connectivity index (χ0v) is 18.3. The highest BCUT2D eigenvalue weighted by atomic mass is 79.9. The van der Waals surface area contributed by atoms with Crippen molar-refractivity contribution in [1.29, 1.82) is 0 Å². The van der Waals surface area contributed by atoms with E-state index in [0.717, 1.165) is 81.2 Å². The van der Waals surface area contributed by atoms with Crippen molar-refractivity contribution < 1.29 is 9.59 Å². The molecule has 0 unspecified atom stereocenters. The summed E-state index contributed by atoms with van der Waals surface area (Å²) in [5.41, 5.74) is 0.817. The minimum absolute atomic E-state index is 0.104. The van der Waals surface area contributed by atoms with Crippen molar-refractivity contribution in [3.8, 4) is 0 Å². The number of carbonyl (C=O) groups excluding carboxylic acids is 2. The summed E-state index contributed by atoms with van der Waals surface area (Å²) in [5, 5.41) is 0. The maximum atomic E-state index is 13.4. The van der Waals surface area contributed by atoms with Gasteiger partial charge in [0.2, 0.25) is 11.8 Å². The minimum atomic E-state index is -0.331. The molecule has 0 bridgehead atoms. The summed E-state index contributed by atoms with van der Waals surface area (Å²) in [5.74, 6) is 0.717. The maximum Gasteiger partial charge on any atom is 0.233 e. The molecule has 1 aromatic carbocycles. The maximum absolute atomic E-state index is 13.4. The van der Waals surface area contributed by atoms with Crippen molar-refractivity contribution in [2.75, 3.05) is 26.2 Å². The third-order valence-corrected chi connectivity index (χ3v) is 7.59. The predicted molar refractivity (Wildman–Crippen MR) is 114 cm³/mol. The lowest BCUT2D eigenvalue weighted by Gasteiger charge is -2.45. The molecule has 1 aromatic rings. The van der Waals surface area contributed by atoms with Gasteiger partial charge in [-0.3, -0.25) is 9.59 Å². The van der Waals surface area contributed by atoms with Crippen LogP contribution in [-0.4, -0.2) is 47.8 Å². The Balaban J connectivity index is 1.38. The second-order valence-corrected chi connectivity index (χ2v) is 9.66. The molecule has 5 heteroatoms. The van der Waals surface area contributed by atoms with Gasteiger partial charge in [0.25, 0.3) is 0 Å². The fourth-order valence-electron chi connectivity index (χ4n) is 5.11. The highest BCUT2D eigenvalue weighted by Crippen LogP contribution is 2.46. The fourth-order valence-corrected chi connectivity index (χ4v) is 5.37. The van der Waals surface area contributed by atoms with Crippen LogP contribution in [0.2, 0.25) is 0 Å². The van der Waals surface area contributed by atoms with E-state index >= 15 is 0 Å². The number of piperidine rings is 1. The first kappa shape index (κ1) is 19.9. The molecule has 4 rings (SSSR count).